The van der Waals surface area contributed by atoms with Gasteiger partial charge in [0.1, 0.15) is 0 Å². The Labute approximate surface area is 90.5 Å². The first kappa shape index (κ1) is 11.9. The lowest BCUT2D eigenvalue weighted by molar-refractivity contribution is 0.348. The Morgan fingerprint density at radius 1 is 1.40 bits per heavy atom. The summed E-state index contributed by atoms with van der Waals surface area (Å²) < 4.78 is 28.2. The van der Waals surface area contributed by atoms with Gasteiger partial charge in [0, 0.05) is 0 Å². The number of hydrogen-bond acceptors (Lipinski definition) is 3. The Morgan fingerprint density at radius 3 is 2.53 bits per heavy atom. The molecule has 0 aliphatic carbocycles. The molecular formula is C11H14O3S. The molecule has 0 fully saturated rings. The third kappa shape index (κ3) is 3.18. The van der Waals surface area contributed by atoms with Crippen LogP contribution in [0.2, 0.25) is 0 Å². The van der Waals surface area contributed by atoms with Gasteiger partial charge in [0.25, 0.3) is 10.1 Å². The van der Waals surface area contributed by atoms with Crippen LogP contribution in [0.4, 0.5) is 0 Å². The van der Waals surface area contributed by atoms with Crippen LogP contribution < -0.4 is 0 Å². The van der Waals surface area contributed by atoms with E-state index >= 15 is 0 Å². The Balaban J connectivity index is 2.97. The number of aryl methyl sites for hydroxylation is 1. The fourth-order valence-electron chi connectivity index (χ4n) is 1.08. The molecule has 15 heavy (non-hydrogen) atoms. The molecule has 0 bridgehead atoms. The van der Waals surface area contributed by atoms with Gasteiger partial charge < -0.3 is 0 Å². The molecular weight excluding hydrogens is 212 g/mol. The first-order valence-electron chi connectivity index (χ1n) is 4.53. The summed E-state index contributed by atoms with van der Waals surface area (Å²) in [6.45, 7) is 7.06. The maximum atomic E-state index is 11.7. The maximum absolute atomic E-state index is 11.7. The molecule has 0 spiro atoms. The molecule has 0 saturated heterocycles. The Hall–Kier alpha value is -1.13. The Kier molecular flexibility index (Phi) is 3.66. The SMILES string of the molecule is C=C(C)COS(=O)(=O)c1ccccc1C. The zero-order valence-corrected chi connectivity index (χ0v) is 9.67. The zero-order chi connectivity index (χ0) is 11.5. The quantitative estimate of drug-likeness (QED) is 0.584. The molecule has 1 aromatic rings. The second kappa shape index (κ2) is 4.59. The van der Waals surface area contributed by atoms with E-state index in [1.807, 2.05) is 0 Å². The molecule has 0 saturated carbocycles. The molecule has 0 radical (unpaired) electrons. The van der Waals surface area contributed by atoms with Crippen molar-refractivity contribution in [2.45, 2.75) is 18.7 Å². The average Bonchev–Trinajstić information content (AvgIpc) is 2.15. The van der Waals surface area contributed by atoms with Gasteiger partial charge in [-0.25, -0.2) is 0 Å². The highest BCUT2D eigenvalue weighted by atomic mass is 32.2. The van der Waals surface area contributed by atoms with Crippen molar-refractivity contribution in [3.63, 3.8) is 0 Å². The van der Waals surface area contributed by atoms with E-state index in [0.717, 1.165) is 0 Å². The van der Waals surface area contributed by atoms with Gasteiger partial charge in [-0.3, -0.25) is 4.18 Å². The monoisotopic (exact) mass is 226 g/mol. The van der Waals surface area contributed by atoms with E-state index in [1.165, 1.54) is 6.07 Å². The van der Waals surface area contributed by atoms with Crippen molar-refractivity contribution in [1.29, 1.82) is 0 Å². The van der Waals surface area contributed by atoms with Crippen LogP contribution in [0, 0.1) is 6.92 Å². The molecule has 0 unspecified atom stereocenters. The summed E-state index contributed by atoms with van der Waals surface area (Å²) in [5.74, 6) is 0. The summed E-state index contributed by atoms with van der Waals surface area (Å²) in [6, 6.07) is 6.72. The predicted molar refractivity (Wildman–Crippen MR) is 59.1 cm³/mol. The van der Waals surface area contributed by atoms with Crippen LogP contribution in [0.1, 0.15) is 12.5 Å². The van der Waals surface area contributed by atoms with Crippen LogP contribution in [-0.2, 0) is 14.3 Å². The first-order valence-corrected chi connectivity index (χ1v) is 5.94. The third-order valence-corrected chi connectivity index (χ3v) is 3.25. The van der Waals surface area contributed by atoms with Crippen LogP contribution in [0.3, 0.4) is 0 Å². The highest BCUT2D eigenvalue weighted by molar-refractivity contribution is 7.86. The largest absolute Gasteiger partial charge is 0.297 e. The standard InChI is InChI=1S/C11H14O3S/c1-9(2)8-14-15(12,13)11-7-5-4-6-10(11)3/h4-7H,1,8H2,2-3H3. The second-order valence-corrected chi connectivity index (χ2v) is 5.02. The fraction of sp³-hybridized carbons (Fsp3) is 0.273. The van der Waals surface area contributed by atoms with Crippen molar-refractivity contribution in [3.8, 4) is 0 Å². The molecule has 0 aliphatic rings. The van der Waals surface area contributed by atoms with E-state index in [0.29, 0.717) is 11.1 Å². The Morgan fingerprint density at radius 2 is 2.00 bits per heavy atom. The van der Waals surface area contributed by atoms with Crippen molar-refractivity contribution in [2.75, 3.05) is 6.61 Å². The molecule has 0 amide bonds. The van der Waals surface area contributed by atoms with Crippen LogP contribution >= 0.6 is 0 Å². The highest BCUT2D eigenvalue weighted by Gasteiger charge is 2.16. The highest BCUT2D eigenvalue weighted by Crippen LogP contribution is 2.17. The van der Waals surface area contributed by atoms with Gasteiger partial charge >= 0.3 is 0 Å². The van der Waals surface area contributed by atoms with Crippen molar-refractivity contribution in [1.82, 2.24) is 0 Å². The smallest absolute Gasteiger partial charge is 0.262 e. The molecule has 0 aliphatic heterocycles. The summed E-state index contributed by atoms with van der Waals surface area (Å²) in [6.07, 6.45) is 0. The predicted octanol–water partition coefficient (Wildman–Crippen LogP) is 2.28. The van der Waals surface area contributed by atoms with Crippen LogP contribution in [0.5, 0.6) is 0 Å². The first-order chi connectivity index (χ1) is 6.93. The molecule has 0 aromatic heterocycles. The van der Waals surface area contributed by atoms with E-state index in [9.17, 15) is 8.42 Å². The molecule has 3 nitrogen and oxygen atoms in total. The van der Waals surface area contributed by atoms with Gasteiger partial charge in [-0.2, -0.15) is 8.42 Å². The van der Waals surface area contributed by atoms with Crippen LogP contribution in [0.25, 0.3) is 0 Å². The van der Waals surface area contributed by atoms with Gasteiger partial charge in [-0.05, 0) is 25.5 Å². The summed E-state index contributed by atoms with van der Waals surface area (Å²) in [7, 11) is -3.65. The zero-order valence-electron chi connectivity index (χ0n) is 8.86. The molecule has 0 heterocycles. The van der Waals surface area contributed by atoms with E-state index in [2.05, 4.69) is 6.58 Å². The van der Waals surface area contributed by atoms with Crippen LogP contribution in [-0.4, -0.2) is 15.0 Å². The lowest BCUT2D eigenvalue weighted by atomic mass is 10.2. The maximum Gasteiger partial charge on any atom is 0.297 e. The van der Waals surface area contributed by atoms with Gasteiger partial charge in [0.15, 0.2) is 0 Å². The Bertz CT molecular complexity index is 460. The molecule has 1 rings (SSSR count). The normalized spacial score (nSPS) is 11.3. The second-order valence-electron chi connectivity index (χ2n) is 3.44. The average molecular weight is 226 g/mol. The molecule has 4 heteroatoms. The lowest BCUT2D eigenvalue weighted by Crippen LogP contribution is -2.09. The van der Waals surface area contributed by atoms with E-state index in [4.69, 9.17) is 4.18 Å². The van der Waals surface area contributed by atoms with Crippen molar-refractivity contribution in [3.05, 3.63) is 42.0 Å². The van der Waals surface area contributed by atoms with Crippen molar-refractivity contribution in [2.24, 2.45) is 0 Å². The number of rotatable bonds is 4. The van der Waals surface area contributed by atoms with Gasteiger partial charge in [-0.15, -0.1) is 0 Å². The lowest BCUT2D eigenvalue weighted by Gasteiger charge is -2.07. The van der Waals surface area contributed by atoms with E-state index in [-0.39, 0.29) is 11.5 Å². The number of hydrogen-bond donors (Lipinski definition) is 0. The molecule has 82 valence electrons. The van der Waals surface area contributed by atoms with E-state index in [1.54, 1.807) is 32.0 Å². The molecule has 0 N–H and O–H groups in total. The minimum atomic E-state index is -3.65. The van der Waals surface area contributed by atoms with Gasteiger partial charge in [0.2, 0.25) is 0 Å². The molecule has 1 aromatic carbocycles. The van der Waals surface area contributed by atoms with Crippen molar-refractivity contribution >= 4 is 10.1 Å². The minimum Gasteiger partial charge on any atom is -0.262 e. The topological polar surface area (TPSA) is 43.4 Å². The number of benzene rings is 1. The third-order valence-electron chi connectivity index (χ3n) is 1.82. The van der Waals surface area contributed by atoms with Gasteiger partial charge in [0.05, 0.1) is 11.5 Å². The summed E-state index contributed by atoms with van der Waals surface area (Å²) >= 11 is 0. The molecule has 0 atom stereocenters. The summed E-state index contributed by atoms with van der Waals surface area (Å²) in [5.41, 5.74) is 1.35. The van der Waals surface area contributed by atoms with Gasteiger partial charge in [-0.1, -0.05) is 30.4 Å². The minimum absolute atomic E-state index is 0.0245. The van der Waals surface area contributed by atoms with Crippen LogP contribution in [0.15, 0.2) is 41.3 Å². The van der Waals surface area contributed by atoms with Crippen molar-refractivity contribution < 1.29 is 12.6 Å². The van der Waals surface area contributed by atoms with E-state index < -0.39 is 10.1 Å². The summed E-state index contributed by atoms with van der Waals surface area (Å²) in [4.78, 5) is 0.214. The summed E-state index contributed by atoms with van der Waals surface area (Å²) in [5, 5.41) is 0. The fourth-order valence-corrected chi connectivity index (χ4v) is 2.27.